The predicted molar refractivity (Wildman–Crippen MR) is 81.6 cm³/mol. The van der Waals surface area contributed by atoms with Crippen molar-refractivity contribution in [1.82, 2.24) is 9.96 Å². The molecule has 0 saturated carbocycles. The molecular weight excluding hydrogens is 280 g/mol. The Morgan fingerprint density at radius 1 is 1.50 bits per heavy atom. The van der Waals surface area contributed by atoms with E-state index in [4.69, 9.17) is 15.8 Å². The lowest BCUT2D eigenvalue weighted by molar-refractivity contribution is -0.158. The van der Waals surface area contributed by atoms with Crippen molar-refractivity contribution in [3.05, 3.63) is 46.8 Å². The van der Waals surface area contributed by atoms with Crippen molar-refractivity contribution in [3.8, 4) is 6.07 Å². The molecular formula is C16H20N4O2. The highest BCUT2D eigenvalue weighted by molar-refractivity contribution is 5.92. The van der Waals surface area contributed by atoms with E-state index >= 15 is 0 Å². The zero-order chi connectivity index (χ0) is 16.3. The number of hydrogen-bond acceptors (Lipinski definition) is 5. The van der Waals surface area contributed by atoms with Crippen LogP contribution in [0.4, 0.5) is 0 Å². The third-order valence-electron chi connectivity index (χ3n) is 3.72. The lowest BCUT2D eigenvalue weighted by Gasteiger charge is -2.32. The molecule has 2 rings (SSSR count). The number of primary amides is 1. The Morgan fingerprint density at radius 3 is 2.77 bits per heavy atom. The largest absolute Gasteiger partial charge is 0.364 e. The Balaban J connectivity index is 2.52. The van der Waals surface area contributed by atoms with Crippen LogP contribution >= 0.6 is 0 Å². The molecule has 1 atom stereocenters. The van der Waals surface area contributed by atoms with E-state index in [0.29, 0.717) is 11.3 Å². The van der Waals surface area contributed by atoms with Crippen molar-refractivity contribution >= 4 is 5.91 Å². The van der Waals surface area contributed by atoms with Crippen LogP contribution in [0.2, 0.25) is 0 Å². The van der Waals surface area contributed by atoms with E-state index in [9.17, 15) is 4.79 Å². The lowest BCUT2D eigenvalue weighted by Crippen LogP contribution is -2.34. The lowest BCUT2D eigenvalue weighted by atomic mass is 10.1. The smallest absolute Gasteiger partial charge is 0.269 e. The van der Waals surface area contributed by atoms with Gasteiger partial charge in [-0.3, -0.25) is 9.63 Å². The molecule has 6 heteroatoms. The first-order chi connectivity index (χ1) is 10.5. The molecule has 1 heterocycles. The van der Waals surface area contributed by atoms with E-state index in [1.54, 1.807) is 12.1 Å². The molecule has 116 valence electrons. The van der Waals surface area contributed by atoms with Gasteiger partial charge in [-0.15, -0.1) is 0 Å². The van der Waals surface area contributed by atoms with Gasteiger partial charge in [0.05, 0.1) is 18.7 Å². The highest BCUT2D eigenvalue weighted by Crippen LogP contribution is 2.39. The number of carbonyl (C=O) groups is 1. The van der Waals surface area contributed by atoms with Crippen LogP contribution in [0.3, 0.4) is 0 Å². The summed E-state index contributed by atoms with van der Waals surface area (Å²) in [4.78, 5) is 19.3. The minimum atomic E-state index is -0.528. The van der Waals surface area contributed by atoms with Crippen molar-refractivity contribution in [2.75, 3.05) is 13.7 Å². The number of allylic oxidation sites excluding steroid dienone is 1. The topological polar surface area (TPSA) is 82.6 Å². The maximum absolute atomic E-state index is 11.8. The van der Waals surface area contributed by atoms with Gasteiger partial charge < -0.3 is 10.6 Å². The predicted octanol–water partition coefficient (Wildman–Crippen LogP) is 1.86. The molecule has 0 aliphatic carbocycles. The second-order valence-corrected chi connectivity index (χ2v) is 5.11. The van der Waals surface area contributed by atoms with Gasteiger partial charge in [-0.2, -0.15) is 5.26 Å². The molecule has 1 unspecified atom stereocenters. The van der Waals surface area contributed by atoms with Crippen LogP contribution in [0.1, 0.15) is 37.6 Å². The molecule has 0 aromatic heterocycles. The molecule has 6 nitrogen and oxygen atoms in total. The monoisotopic (exact) mass is 300 g/mol. The number of amides is 1. The molecule has 1 aliphatic rings. The van der Waals surface area contributed by atoms with Crippen LogP contribution in [0, 0.1) is 11.3 Å². The Labute approximate surface area is 130 Å². The number of nitriles is 1. The summed E-state index contributed by atoms with van der Waals surface area (Å²) >= 11 is 0. The molecule has 2 N–H and O–H groups in total. The maximum Gasteiger partial charge on any atom is 0.269 e. The van der Waals surface area contributed by atoms with E-state index in [0.717, 1.165) is 24.2 Å². The summed E-state index contributed by atoms with van der Waals surface area (Å²) in [7, 11) is 1.51. The third kappa shape index (κ3) is 2.63. The van der Waals surface area contributed by atoms with Crippen molar-refractivity contribution in [3.63, 3.8) is 0 Å². The molecule has 22 heavy (non-hydrogen) atoms. The summed E-state index contributed by atoms with van der Waals surface area (Å²) < 4.78 is 0. The normalized spacial score (nSPS) is 17.8. The quantitative estimate of drug-likeness (QED) is 0.897. The van der Waals surface area contributed by atoms with Crippen molar-refractivity contribution < 1.29 is 9.63 Å². The first-order valence-corrected chi connectivity index (χ1v) is 7.15. The number of nitrogens with two attached hydrogens (primary N) is 1. The fourth-order valence-corrected chi connectivity index (χ4v) is 2.82. The van der Waals surface area contributed by atoms with Crippen molar-refractivity contribution in [2.24, 2.45) is 5.73 Å². The summed E-state index contributed by atoms with van der Waals surface area (Å²) in [5.41, 5.74) is 8.09. The van der Waals surface area contributed by atoms with E-state index in [2.05, 4.69) is 17.9 Å². The van der Waals surface area contributed by atoms with E-state index in [1.165, 1.54) is 12.2 Å². The van der Waals surface area contributed by atoms with Crippen LogP contribution in [0.5, 0.6) is 0 Å². The summed E-state index contributed by atoms with van der Waals surface area (Å²) in [6, 6.07) is 9.42. The number of hydrogen-bond donors (Lipinski definition) is 1. The van der Waals surface area contributed by atoms with Gasteiger partial charge in [-0.05, 0) is 31.0 Å². The Kier molecular flexibility index (Phi) is 4.68. The van der Waals surface area contributed by atoms with Gasteiger partial charge in [-0.25, -0.2) is 5.06 Å². The van der Waals surface area contributed by atoms with Crippen LogP contribution in [-0.4, -0.2) is 29.5 Å². The summed E-state index contributed by atoms with van der Waals surface area (Å²) in [5, 5.41) is 10.6. The molecule has 1 aromatic carbocycles. The standard InChI is InChI=1S/C16H20N4O2/c1-4-8-19-11(2)14(15(18)21)20(22-3)16(19)13-7-5-6-12(9-13)10-17/h5-7,9,16H,4,8H2,1-3H3,(H2,18,21). The molecule has 0 radical (unpaired) electrons. The molecule has 0 fully saturated rings. The molecule has 1 aliphatic heterocycles. The van der Waals surface area contributed by atoms with Crippen LogP contribution < -0.4 is 5.73 Å². The van der Waals surface area contributed by atoms with Gasteiger partial charge in [0.15, 0.2) is 6.17 Å². The highest BCUT2D eigenvalue weighted by Gasteiger charge is 2.39. The Morgan fingerprint density at radius 2 is 2.23 bits per heavy atom. The Bertz CT molecular complexity index is 648. The number of carbonyl (C=O) groups excluding carboxylic acids is 1. The van der Waals surface area contributed by atoms with Gasteiger partial charge in [0, 0.05) is 12.2 Å². The number of nitrogens with zero attached hydrogens (tertiary/aromatic N) is 3. The summed E-state index contributed by atoms with van der Waals surface area (Å²) in [6.07, 6.45) is 0.607. The van der Waals surface area contributed by atoms with E-state index in [1.807, 2.05) is 19.1 Å². The van der Waals surface area contributed by atoms with Gasteiger partial charge in [0.2, 0.25) is 0 Å². The van der Waals surface area contributed by atoms with E-state index in [-0.39, 0.29) is 6.17 Å². The number of benzene rings is 1. The molecule has 0 bridgehead atoms. The highest BCUT2D eigenvalue weighted by atomic mass is 16.7. The fourth-order valence-electron chi connectivity index (χ4n) is 2.82. The van der Waals surface area contributed by atoms with Gasteiger partial charge >= 0.3 is 0 Å². The Hall–Kier alpha value is -2.52. The van der Waals surface area contributed by atoms with Gasteiger partial charge in [0.1, 0.15) is 5.70 Å². The molecule has 1 aromatic rings. The molecule has 0 saturated heterocycles. The van der Waals surface area contributed by atoms with Crippen LogP contribution in [0.15, 0.2) is 35.7 Å². The summed E-state index contributed by atoms with van der Waals surface area (Å²) in [5.74, 6) is -0.528. The average molecular weight is 300 g/mol. The average Bonchev–Trinajstić information content (AvgIpc) is 2.80. The maximum atomic E-state index is 11.8. The summed E-state index contributed by atoms with van der Waals surface area (Å²) in [6.45, 7) is 4.68. The second-order valence-electron chi connectivity index (χ2n) is 5.11. The van der Waals surface area contributed by atoms with Crippen molar-refractivity contribution in [2.45, 2.75) is 26.4 Å². The van der Waals surface area contributed by atoms with Gasteiger partial charge in [-0.1, -0.05) is 19.1 Å². The molecule has 1 amide bonds. The number of hydroxylamine groups is 2. The molecule has 0 spiro atoms. The number of rotatable bonds is 5. The minimum Gasteiger partial charge on any atom is -0.364 e. The van der Waals surface area contributed by atoms with E-state index < -0.39 is 5.91 Å². The third-order valence-corrected chi connectivity index (χ3v) is 3.72. The SMILES string of the molecule is CCCN1C(C)=C(C(N)=O)N(OC)C1c1cccc(C#N)c1. The fraction of sp³-hybridized carbons (Fsp3) is 0.375. The van der Waals surface area contributed by atoms with Crippen LogP contribution in [0.25, 0.3) is 0 Å². The first-order valence-electron chi connectivity index (χ1n) is 7.15. The van der Waals surface area contributed by atoms with Crippen molar-refractivity contribution in [1.29, 1.82) is 5.26 Å². The minimum absolute atomic E-state index is 0.305. The van der Waals surface area contributed by atoms with Crippen LogP contribution in [-0.2, 0) is 9.63 Å². The van der Waals surface area contributed by atoms with Gasteiger partial charge in [0.25, 0.3) is 5.91 Å². The zero-order valence-corrected chi connectivity index (χ0v) is 13.0. The first kappa shape index (κ1) is 15.9. The zero-order valence-electron chi connectivity index (χ0n) is 13.0. The second kappa shape index (κ2) is 6.50.